The Balaban J connectivity index is 2.49. The van der Waals surface area contributed by atoms with E-state index in [9.17, 15) is 26.4 Å². The molecule has 0 unspecified atom stereocenters. The van der Waals surface area contributed by atoms with Gasteiger partial charge in [0.25, 0.3) is 0 Å². The van der Waals surface area contributed by atoms with Crippen LogP contribution in [0.2, 0.25) is 0 Å². The van der Waals surface area contributed by atoms with Crippen molar-refractivity contribution in [2.45, 2.75) is 36.9 Å². The van der Waals surface area contributed by atoms with Crippen LogP contribution in [0.4, 0.5) is 13.2 Å². The van der Waals surface area contributed by atoms with E-state index in [1.807, 2.05) is 0 Å². The van der Waals surface area contributed by atoms with Crippen LogP contribution in [0.3, 0.4) is 0 Å². The Morgan fingerprint density at radius 3 is 2.48 bits per heavy atom. The van der Waals surface area contributed by atoms with E-state index in [1.54, 1.807) is 0 Å². The summed E-state index contributed by atoms with van der Waals surface area (Å²) in [7, 11) is -4.44. The number of alkyl halides is 3. The van der Waals surface area contributed by atoms with Gasteiger partial charge in [-0.3, -0.25) is 4.79 Å². The van der Waals surface area contributed by atoms with Gasteiger partial charge >= 0.3 is 12.1 Å². The fraction of sp³-hybridized carbons (Fsp3) is 0.500. The maximum Gasteiger partial charge on any atom is 0.417 e. The first-order chi connectivity index (χ1) is 10.6. The predicted octanol–water partition coefficient (Wildman–Crippen LogP) is 2.58. The predicted molar refractivity (Wildman–Crippen MR) is 75.2 cm³/mol. The highest BCUT2D eigenvalue weighted by atomic mass is 32.2. The molecule has 1 heterocycles. The minimum Gasteiger partial charge on any atom is -0.481 e. The third-order valence-electron chi connectivity index (χ3n) is 4.03. The molecule has 1 fully saturated rings. The minimum atomic E-state index is -4.81. The number of benzene rings is 1. The monoisotopic (exact) mass is 351 g/mol. The molecule has 0 aromatic heterocycles. The summed E-state index contributed by atoms with van der Waals surface area (Å²) in [5, 5.41) is 9.15. The zero-order valence-electron chi connectivity index (χ0n) is 12.2. The molecule has 0 aliphatic carbocycles. The molecule has 1 saturated heterocycles. The van der Waals surface area contributed by atoms with Crippen LogP contribution in [-0.2, 0) is 21.0 Å². The Hall–Kier alpha value is -1.61. The first-order valence-electron chi connectivity index (χ1n) is 6.97. The molecule has 0 spiro atoms. The second-order valence-electron chi connectivity index (χ2n) is 5.44. The van der Waals surface area contributed by atoms with Crippen molar-refractivity contribution in [3.05, 3.63) is 29.8 Å². The Kier molecular flexibility index (Phi) is 4.72. The van der Waals surface area contributed by atoms with Gasteiger partial charge in [-0.05, 0) is 31.9 Å². The Labute approximate surface area is 131 Å². The lowest BCUT2D eigenvalue weighted by Gasteiger charge is -2.36. The summed E-state index contributed by atoms with van der Waals surface area (Å²) < 4.78 is 65.4. The molecule has 1 N–H and O–H groups in total. The highest BCUT2D eigenvalue weighted by Gasteiger charge is 2.43. The van der Waals surface area contributed by atoms with Crippen LogP contribution in [-0.4, -0.2) is 36.4 Å². The summed E-state index contributed by atoms with van der Waals surface area (Å²) in [6.07, 6.45) is -4.23. The molecule has 0 radical (unpaired) electrons. The second-order valence-corrected chi connectivity index (χ2v) is 7.30. The minimum absolute atomic E-state index is 0.000524. The van der Waals surface area contributed by atoms with Crippen molar-refractivity contribution in [3.63, 3.8) is 0 Å². The van der Waals surface area contributed by atoms with Gasteiger partial charge in [-0.1, -0.05) is 12.1 Å². The quantitative estimate of drug-likeness (QED) is 0.908. The second kappa shape index (κ2) is 6.12. The Morgan fingerprint density at radius 2 is 1.91 bits per heavy atom. The molecule has 5 nitrogen and oxygen atoms in total. The van der Waals surface area contributed by atoms with Crippen LogP contribution < -0.4 is 0 Å². The van der Waals surface area contributed by atoms with Crippen LogP contribution in [0.15, 0.2) is 29.2 Å². The summed E-state index contributed by atoms with van der Waals surface area (Å²) in [6, 6.07) is 3.02. The van der Waals surface area contributed by atoms with E-state index in [4.69, 9.17) is 5.11 Å². The number of aliphatic carboxylic acids is 1. The van der Waals surface area contributed by atoms with Gasteiger partial charge in [0.1, 0.15) is 0 Å². The van der Waals surface area contributed by atoms with Crippen molar-refractivity contribution in [1.29, 1.82) is 0 Å². The molecule has 9 heteroatoms. The van der Waals surface area contributed by atoms with Gasteiger partial charge in [0.2, 0.25) is 10.0 Å². The first-order valence-corrected chi connectivity index (χ1v) is 8.41. The van der Waals surface area contributed by atoms with Crippen LogP contribution in [0.25, 0.3) is 0 Å². The summed E-state index contributed by atoms with van der Waals surface area (Å²) >= 11 is 0. The number of rotatable bonds is 3. The smallest absolute Gasteiger partial charge is 0.417 e. The van der Waals surface area contributed by atoms with E-state index in [2.05, 4.69) is 0 Å². The number of hydrogen-bond donors (Lipinski definition) is 1. The van der Waals surface area contributed by atoms with Crippen molar-refractivity contribution in [3.8, 4) is 0 Å². The topological polar surface area (TPSA) is 74.7 Å². The number of halogens is 3. The fourth-order valence-corrected chi connectivity index (χ4v) is 4.75. The zero-order chi connectivity index (χ0) is 17.4. The molecular formula is C14H16F3NO4S. The highest BCUT2D eigenvalue weighted by Crippen LogP contribution is 2.37. The van der Waals surface area contributed by atoms with Gasteiger partial charge in [-0.2, -0.15) is 17.5 Å². The van der Waals surface area contributed by atoms with E-state index in [0.29, 0.717) is 12.5 Å². The molecule has 0 bridgehead atoms. The third kappa shape index (κ3) is 3.35. The number of sulfonamides is 1. The van der Waals surface area contributed by atoms with Gasteiger partial charge in [0.05, 0.1) is 16.4 Å². The molecule has 1 aromatic rings. The van der Waals surface area contributed by atoms with Crippen molar-refractivity contribution < 1.29 is 31.5 Å². The van der Waals surface area contributed by atoms with Crippen LogP contribution >= 0.6 is 0 Å². The number of carbonyl (C=O) groups is 1. The van der Waals surface area contributed by atoms with Gasteiger partial charge in [0.15, 0.2) is 0 Å². The van der Waals surface area contributed by atoms with E-state index in [1.165, 1.54) is 13.0 Å². The molecule has 1 aliphatic heterocycles. The van der Waals surface area contributed by atoms with Gasteiger partial charge in [0, 0.05) is 12.6 Å². The molecule has 1 aliphatic rings. The lowest BCUT2D eigenvalue weighted by Crippen LogP contribution is -2.49. The fourth-order valence-electron chi connectivity index (χ4n) is 2.83. The summed E-state index contributed by atoms with van der Waals surface area (Å²) in [4.78, 5) is 10.4. The van der Waals surface area contributed by atoms with Gasteiger partial charge in [-0.25, -0.2) is 8.42 Å². The molecular weight excluding hydrogens is 335 g/mol. The zero-order valence-corrected chi connectivity index (χ0v) is 13.1. The Bertz CT molecular complexity index is 702. The lowest BCUT2D eigenvalue weighted by molar-refractivity contribution is -0.144. The van der Waals surface area contributed by atoms with E-state index >= 15 is 0 Å². The van der Waals surface area contributed by atoms with Gasteiger partial charge < -0.3 is 5.11 Å². The lowest BCUT2D eigenvalue weighted by atomic mass is 9.92. The molecule has 128 valence electrons. The first kappa shape index (κ1) is 17.7. The molecule has 0 amide bonds. The van der Waals surface area contributed by atoms with Crippen LogP contribution in [0.1, 0.15) is 25.3 Å². The molecule has 2 rings (SSSR count). The number of nitrogens with zero attached hydrogens (tertiary/aromatic N) is 1. The number of piperidine rings is 1. The van der Waals surface area contributed by atoms with E-state index in [-0.39, 0.29) is 13.0 Å². The average Bonchev–Trinajstić information content (AvgIpc) is 2.46. The van der Waals surface area contributed by atoms with Crippen LogP contribution in [0, 0.1) is 5.92 Å². The summed E-state index contributed by atoms with van der Waals surface area (Å²) in [5.41, 5.74) is -1.25. The van der Waals surface area contributed by atoms with Crippen LogP contribution in [0.5, 0.6) is 0 Å². The maximum atomic E-state index is 13.1. The molecule has 2 atom stereocenters. The number of carboxylic acid groups (broad SMARTS) is 1. The largest absolute Gasteiger partial charge is 0.481 e. The van der Waals surface area contributed by atoms with E-state index in [0.717, 1.165) is 16.4 Å². The maximum absolute atomic E-state index is 13.1. The standard InChI is InChI=1S/C14H16F3NO4S/c1-9-10(13(19)20)5-4-8-18(9)23(21,22)12-7-3-2-6-11(12)14(15,16)17/h2-3,6-7,9-10H,4-5,8H2,1H3,(H,19,20)/t9-,10-/m1/s1. The summed E-state index contributed by atoms with van der Waals surface area (Å²) in [6.45, 7) is 1.41. The normalized spacial score (nSPS) is 23.7. The Morgan fingerprint density at radius 1 is 1.30 bits per heavy atom. The van der Waals surface area contributed by atoms with E-state index < -0.39 is 44.6 Å². The summed E-state index contributed by atoms with van der Waals surface area (Å²) in [5.74, 6) is -2.09. The molecule has 23 heavy (non-hydrogen) atoms. The number of carboxylic acids is 1. The van der Waals surface area contributed by atoms with Crippen molar-refractivity contribution in [2.24, 2.45) is 5.92 Å². The third-order valence-corrected chi connectivity index (χ3v) is 6.07. The SMILES string of the molecule is C[C@@H]1[C@H](C(=O)O)CCCN1S(=O)(=O)c1ccccc1C(F)(F)F. The van der Waals surface area contributed by atoms with Gasteiger partial charge in [-0.15, -0.1) is 0 Å². The van der Waals surface area contributed by atoms with Crippen molar-refractivity contribution >= 4 is 16.0 Å². The highest BCUT2D eigenvalue weighted by molar-refractivity contribution is 7.89. The van der Waals surface area contributed by atoms with Crippen molar-refractivity contribution in [1.82, 2.24) is 4.31 Å². The molecule has 1 aromatic carbocycles. The average molecular weight is 351 g/mol. The van der Waals surface area contributed by atoms with Crippen molar-refractivity contribution in [2.75, 3.05) is 6.54 Å². The molecule has 0 saturated carbocycles. The number of hydrogen-bond acceptors (Lipinski definition) is 3.